The van der Waals surface area contributed by atoms with Gasteiger partial charge < -0.3 is 0 Å². The van der Waals surface area contributed by atoms with E-state index in [9.17, 15) is 0 Å². The standard InChI is InChI=1S/C11H15BrN2/c1-7(2)9-6-10(8-4-3-5-8)14-11(12)13-9/h6-8H,3-5H2,1-2H3. The van der Waals surface area contributed by atoms with Gasteiger partial charge in [0.1, 0.15) is 0 Å². The van der Waals surface area contributed by atoms with Gasteiger partial charge in [-0.05, 0) is 40.8 Å². The van der Waals surface area contributed by atoms with Gasteiger partial charge in [-0.1, -0.05) is 20.3 Å². The average Bonchev–Trinajstić information content (AvgIpc) is 1.99. The summed E-state index contributed by atoms with van der Waals surface area (Å²) in [6, 6.07) is 2.17. The molecule has 0 bridgehead atoms. The zero-order chi connectivity index (χ0) is 10.1. The van der Waals surface area contributed by atoms with Gasteiger partial charge in [-0.3, -0.25) is 0 Å². The first kappa shape index (κ1) is 10.1. The number of halogens is 1. The highest BCUT2D eigenvalue weighted by Gasteiger charge is 2.22. The first-order chi connectivity index (χ1) is 6.66. The Kier molecular flexibility index (Phi) is 2.86. The van der Waals surface area contributed by atoms with E-state index < -0.39 is 0 Å². The molecule has 1 saturated carbocycles. The van der Waals surface area contributed by atoms with E-state index in [1.165, 1.54) is 25.0 Å². The molecular formula is C11H15BrN2. The lowest BCUT2D eigenvalue weighted by molar-refractivity contribution is 0.409. The monoisotopic (exact) mass is 254 g/mol. The molecule has 0 aliphatic heterocycles. The molecule has 1 aromatic rings. The normalized spacial score (nSPS) is 17.1. The van der Waals surface area contributed by atoms with Crippen molar-refractivity contribution in [2.24, 2.45) is 0 Å². The van der Waals surface area contributed by atoms with Crippen molar-refractivity contribution in [3.05, 3.63) is 22.2 Å². The SMILES string of the molecule is CC(C)c1cc(C2CCC2)nc(Br)n1. The van der Waals surface area contributed by atoms with Crippen molar-refractivity contribution in [3.8, 4) is 0 Å². The minimum absolute atomic E-state index is 0.480. The average molecular weight is 255 g/mol. The molecule has 1 aromatic heterocycles. The lowest BCUT2D eigenvalue weighted by atomic mass is 9.82. The van der Waals surface area contributed by atoms with Crippen LogP contribution in [-0.4, -0.2) is 9.97 Å². The van der Waals surface area contributed by atoms with E-state index in [1.54, 1.807) is 0 Å². The topological polar surface area (TPSA) is 25.8 Å². The van der Waals surface area contributed by atoms with Crippen molar-refractivity contribution in [3.63, 3.8) is 0 Å². The molecule has 2 nitrogen and oxygen atoms in total. The van der Waals surface area contributed by atoms with Gasteiger partial charge in [0.25, 0.3) is 0 Å². The molecule has 1 aliphatic rings. The third kappa shape index (κ3) is 1.97. The van der Waals surface area contributed by atoms with Gasteiger partial charge in [0.2, 0.25) is 0 Å². The number of rotatable bonds is 2. The van der Waals surface area contributed by atoms with E-state index in [2.05, 4.69) is 45.8 Å². The van der Waals surface area contributed by atoms with Gasteiger partial charge in [-0.2, -0.15) is 0 Å². The van der Waals surface area contributed by atoms with Crippen LogP contribution in [-0.2, 0) is 0 Å². The Morgan fingerprint density at radius 1 is 1.36 bits per heavy atom. The Hall–Kier alpha value is -0.440. The summed E-state index contributed by atoms with van der Waals surface area (Å²) in [6.07, 6.45) is 3.94. The molecule has 1 aliphatic carbocycles. The zero-order valence-electron chi connectivity index (χ0n) is 8.63. The molecular weight excluding hydrogens is 240 g/mol. The molecule has 0 amide bonds. The van der Waals surface area contributed by atoms with E-state index in [0.717, 1.165) is 10.4 Å². The smallest absolute Gasteiger partial charge is 0.197 e. The van der Waals surface area contributed by atoms with Crippen LogP contribution in [0, 0.1) is 0 Å². The first-order valence-electron chi connectivity index (χ1n) is 5.21. The Morgan fingerprint density at radius 2 is 2.07 bits per heavy atom. The summed E-state index contributed by atoms with van der Waals surface area (Å²) in [5, 5.41) is 0. The number of hydrogen-bond acceptors (Lipinski definition) is 2. The molecule has 0 saturated heterocycles. The Bertz CT molecular complexity index is 332. The van der Waals surface area contributed by atoms with E-state index in [1.807, 2.05) is 0 Å². The number of nitrogens with zero attached hydrogens (tertiary/aromatic N) is 2. The maximum absolute atomic E-state index is 4.44. The quantitative estimate of drug-likeness (QED) is 0.754. The lowest BCUT2D eigenvalue weighted by Crippen LogP contribution is -2.12. The second-order valence-electron chi connectivity index (χ2n) is 4.27. The van der Waals surface area contributed by atoms with Crippen LogP contribution in [0.15, 0.2) is 10.8 Å². The van der Waals surface area contributed by atoms with Crippen LogP contribution in [0.5, 0.6) is 0 Å². The van der Waals surface area contributed by atoms with Crippen LogP contribution in [0.3, 0.4) is 0 Å². The fourth-order valence-corrected chi connectivity index (χ4v) is 2.07. The first-order valence-corrected chi connectivity index (χ1v) is 6.00. The second kappa shape index (κ2) is 3.97. The number of aromatic nitrogens is 2. The summed E-state index contributed by atoms with van der Waals surface area (Å²) >= 11 is 3.38. The highest BCUT2D eigenvalue weighted by Crippen LogP contribution is 2.36. The summed E-state index contributed by atoms with van der Waals surface area (Å²) in [4.78, 5) is 8.82. The molecule has 1 fully saturated rings. The molecule has 3 heteroatoms. The third-order valence-electron chi connectivity index (χ3n) is 2.85. The van der Waals surface area contributed by atoms with Crippen LogP contribution in [0.1, 0.15) is 56.3 Å². The van der Waals surface area contributed by atoms with E-state index >= 15 is 0 Å². The summed E-state index contributed by atoms with van der Waals surface area (Å²) in [5.41, 5.74) is 2.37. The molecule has 0 aromatic carbocycles. The highest BCUT2D eigenvalue weighted by molar-refractivity contribution is 9.10. The minimum Gasteiger partial charge on any atom is -0.227 e. The van der Waals surface area contributed by atoms with Gasteiger partial charge in [0.05, 0.1) is 0 Å². The van der Waals surface area contributed by atoms with Gasteiger partial charge in [0.15, 0.2) is 4.73 Å². The largest absolute Gasteiger partial charge is 0.227 e. The molecule has 0 unspecified atom stereocenters. The molecule has 0 radical (unpaired) electrons. The van der Waals surface area contributed by atoms with Gasteiger partial charge in [-0.25, -0.2) is 9.97 Å². The van der Waals surface area contributed by atoms with Crippen molar-refractivity contribution >= 4 is 15.9 Å². The molecule has 76 valence electrons. The summed E-state index contributed by atoms with van der Waals surface area (Å²) in [6.45, 7) is 4.33. The lowest BCUT2D eigenvalue weighted by Gasteiger charge is -2.25. The van der Waals surface area contributed by atoms with Crippen molar-refractivity contribution in [1.82, 2.24) is 9.97 Å². The number of hydrogen-bond donors (Lipinski definition) is 0. The van der Waals surface area contributed by atoms with Crippen molar-refractivity contribution < 1.29 is 0 Å². The molecule has 1 heterocycles. The molecule has 2 rings (SSSR count). The van der Waals surface area contributed by atoms with Crippen LogP contribution in [0.25, 0.3) is 0 Å². The van der Waals surface area contributed by atoms with Crippen molar-refractivity contribution in [2.45, 2.75) is 44.9 Å². The second-order valence-corrected chi connectivity index (χ2v) is 4.98. The van der Waals surface area contributed by atoms with E-state index in [-0.39, 0.29) is 0 Å². The maximum Gasteiger partial charge on any atom is 0.197 e. The van der Waals surface area contributed by atoms with Crippen molar-refractivity contribution in [2.75, 3.05) is 0 Å². The Labute approximate surface area is 93.3 Å². The predicted molar refractivity (Wildman–Crippen MR) is 60.4 cm³/mol. The van der Waals surface area contributed by atoms with Gasteiger partial charge in [0, 0.05) is 17.3 Å². The predicted octanol–water partition coefficient (Wildman–Crippen LogP) is 3.63. The van der Waals surface area contributed by atoms with E-state index in [4.69, 9.17) is 0 Å². The third-order valence-corrected chi connectivity index (χ3v) is 3.21. The summed E-state index contributed by atoms with van der Waals surface area (Å²) in [7, 11) is 0. The van der Waals surface area contributed by atoms with Crippen LogP contribution < -0.4 is 0 Å². The van der Waals surface area contributed by atoms with Crippen LogP contribution in [0.2, 0.25) is 0 Å². The molecule has 0 atom stereocenters. The van der Waals surface area contributed by atoms with Gasteiger partial charge >= 0.3 is 0 Å². The molecule has 0 spiro atoms. The Balaban J connectivity index is 2.30. The van der Waals surface area contributed by atoms with Crippen LogP contribution >= 0.6 is 15.9 Å². The fraction of sp³-hybridized carbons (Fsp3) is 0.636. The molecule has 14 heavy (non-hydrogen) atoms. The maximum atomic E-state index is 4.44. The van der Waals surface area contributed by atoms with E-state index in [0.29, 0.717) is 11.8 Å². The van der Waals surface area contributed by atoms with Crippen molar-refractivity contribution in [1.29, 1.82) is 0 Å². The fourth-order valence-electron chi connectivity index (χ4n) is 1.66. The summed E-state index contributed by atoms with van der Waals surface area (Å²) < 4.78 is 0.741. The highest BCUT2D eigenvalue weighted by atomic mass is 79.9. The van der Waals surface area contributed by atoms with Gasteiger partial charge in [-0.15, -0.1) is 0 Å². The zero-order valence-corrected chi connectivity index (χ0v) is 10.2. The minimum atomic E-state index is 0.480. The summed E-state index contributed by atoms with van der Waals surface area (Å²) in [5.74, 6) is 1.17. The van der Waals surface area contributed by atoms with Crippen LogP contribution in [0.4, 0.5) is 0 Å². The molecule has 0 N–H and O–H groups in total. The Morgan fingerprint density at radius 3 is 2.57 bits per heavy atom.